The molecule has 3 unspecified atom stereocenters. The van der Waals surface area contributed by atoms with E-state index in [-0.39, 0.29) is 6.61 Å². The minimum Gasteiger partial charge on any atom is -0.456 e. The third-order valence-electron chi connectivity index (χ3n) is 5.28. The average molecular weight is 302 g/mol. The number of aryl methyl sites for hydroxylation is 1. The van der Waals surface area contributed by atoms with Crippen molar-refractivity contribution < 1.29 is 14.6 Å². The molecule has 0 bridgehead atoms. The van der Waals surface area contributed by atoms with Gasteiger partial charge in [0.2, 0.25) is 5.79 Å². The minimum atomic E-state index is -0.687. The van der Waals surface area contributed by atoms with Crippen molar-refractivity contribution in [2.75, 3.05) is 13.6 Å². The van der Waals surface area contributed by atoms with E-state index in [0.717, 1.165) is 35.5 Å². The Morgan fingerprint density at radius 2 is 2.36 bits per heavy atom. The topological polar surface area (TPSA) is 54.8 Å². The van der Waals surface area contributed by atoms with Crippen molar-refractivity contribution >= 4 is 0 Å². The molecule has 3 aliphatic rings. The summed E-state index contributed by atoms with van der Waals surface area (Å²) in [4.78, 5) is 6.74. The van der Waals surface area contributed by atoms with Crippen LogP contribution in [0.25, 0.3) is 0 Å². The molecule has 3 atom stereocenters. The highest BCUT2D eigenvalue weighted by atomic mass is 16.7. The van der Waals surface area contributed by atoms with Gasteiger partial charge in [-0.25, -0.2) is 0 Å². The van der Waals surface area contributed by atoms with Crippen LogP contribution in [0, 0.1) is 12.8 Å². The molecule has 1 aromatic rings. The first-order chi connectivity index (χ1) is 10.6. The molecule has 2 aliphatic heterocycles. The number of aromatic nitrogens is 1. The molecule has 0 radical (unpaired) electrons. The zero-order valence-corrected chi connectivity index (χ0v) is 13.1. The second kappa shape index (κ2) is 5.05. The van der Waals surface area contributed by atoms with Gasteiger partial charge in [0.25, 0.3) is 0 Å². The Labute approximate surface area is 130 Å². The van der Waals surface area contributed by atoms with Gasteiger partial charge >= 0.3 is 0 Å². The maximum atomic E-state index is 9.47. The lowest BCUT2D eigenvalue weighted by molar-refractivity contribution is -0.187. The summed E-state index contributed by atoms with van der Waals surface area (Å²) >= 11 is 0. The van der Waals surface area contributed by atoms with Crippen LogP contribution in [0.1, 0.15) is 29.7 Å². The molecule has 0 aromatic carbocycles. The number of aliphatic hydroxyl groups excluding tert-OH is 1. The smallest absolute Gasteiger partial charge is 0.232 e. The maximum absolute atomic E-state index is 9.47. The Morgan fingerprint density at radius 3 is 3.18 bits per heavy atom. The number of hydrogen-bond donors (Lipinski definition) is 1. The van der Waals surface area contributed by atoms with Crippen LogP contribution in [0.3, 0.4) is 0 Å². The first-order valence-corrected chi connectivity index (χ1v) is 7.93. The molecule has 5 nitrogen and oxygen atoms in total. The van der Waals surface area contributed by atoms with E-state index < -0.39 is 5.79 Å². The molecule has 22 heavy (non-hydrogen) atoms. The molecule has 1 spiro atoms. The van der Waals surface area contributed by atoms with E-state index in [9.17, 15) is 5.11 Å². The van der Waals surface area contributed by atoms with Gasteiger partial charge in [-0.1, -0.05) is 6.08 Å². The zero-order valence-electron chi connectivity index (χ0n) is 13.1. The number of rotatable bonds is 1. The van der Waals surface area contributed by atoms with Gasteiger partial charge in [-0.15, -0.1) is 0 Å². The highest BCUT2D eigenvalue weighted by molar-refractivity contribution is 5.43. The number of likely N-dealkylation sites (tertiary alicyclic amines) is 1. The largest absolute Gasteiger partial charge is 0.456 e. The van der Waals surface area contributed by atoms with Crippen molar-refractivity contribution in [1.82, 2.24) is 9.88 Å². The predicted octanol–water partition coefficient (Wildman–Crippen LogP) is 1.77. The molecular formula is C17H22N2O3. The number of pyridine rings is 1. The van der Waals surface area contributed by atoms with Gasteiger partial charge in [-0.3, -0.25) is 4.98 Å². The Morgan fingerprint density at radius 1 is 1.50 bits per heavy atom. The molecule has 4 rings (SSSR count). The van der Waals surface area contributed by atoms with Gasteiger partial charge in [-0.05, 0) is 38.9 Å². The first kappa shape index (κ1) is 14.2. The van der Waals surface area contributed by atoms with Gasteiger partial charge in [0.15, 0.2) is 5.75 Å². The third-order valence-corrected chi connectivity index (χ3v) is 5.28. The molecule has 1 aromatic heterocycles. The van der Waals surface area contributed by atoms with E-state index in [1.54, 1.807) is 6.20 Å². The number of aliphatic hydroxyl groups is 1. The third kappa shape index (κ3) is 2.07. The van der Waals surface area contributed by atoms with Crippen LogP contribution in [0.5, 0.6) is 5.75 Å². The SMILES string of the molecule is Cc1ncc(CO)c2c1OC1(C=CC3CCN(C)C3C1)OC2. The second-order valence-electron chi connectivity index (χ2n) is 6.60. The van der Waals surface area contributed by atoms with E-state index in [2.05, 4.69) is 29.1 Å². The highest BCUT2D eigenvalue weighted by Crippen LogP contribution is 2.43. The molecule has 5 heteroatoms. The number of ether oxygens (including phenoxy) is 2. The fourth-order valence-corrected chi connectivity index (χ4v) is 3.88. The van der Waals surface area contributed by atoms with Gasteiger partial charge in [-0.2, -0.15) is 0 Å². The summed E-state index contributed by atoms with van der Waals surface area (Å²) in [6, 6.07) is 0.473. The van der Waals surface area contributed by atoms with E-state index in [1.165, 1.54) is 6.42 Å². The van der Waals surface area contributed by atoms with Crippen LogP contribution in [-0.2, 0) is 18.0 Å². The van der Waals surface area contributed by atoms with E-state index in [1.807, 2.05) is 6.92 Å². The van der Waals surface area contributed by atoms with Crippen molar-refractivity contribution in [1.29, 1.82) is 0 Å². The summed E-state index contributed by atoms with van der Waals surface area (Å²) in [6.45, 7) is 3.48. The Hall–Kier alpha value is -1.43. The van der Waals surface area contributed by atoms with Gasteiger partial charge in [0.05, 0.1) is 18.9 Å². The minimum absolute atomic E-state index is 0.0430. The fourth-order valence-electron chi connectivity index (χ4n) is 3.88. The lowest BCUT2D eigenvalue weighted by Gasteiger charge is -2.43. The molecule has 1 saturated heterocycles. The lowest BCUT2D eigenvalue weighted by Crippen LogP contribution is -2.49. The van der Waals surface area contributed by atoms with Crippen molar-refractivity contribution in [3.8, 4) is 5.75 Å². The highest BCUT2D eigenvalue weighted by Gasteiger charge is 2.46. The molecule has 1 N–H and O–H groups in total. The van der Waals surface area contributed by atoms with Crippen LogP contribution in [0.4, 0.5) is 0 Å². The summed E-state index contributed by atoms with van der Waals surface area (Å²) in [6.07, 6.45) is 8.09. The normalized spacial score (nSPS) is 33.6. The molecule has 3 heterocycles. The molecule has 0 saturated carbocycles. The van der Waals surface area contributed by atoms with Gasteiger partial charge in [0, 0.05) is 29.8 Å². The van der Waals surface area contributed by atoms with Crippen molar-refractivity contribution in [2.24, 2.45) is 5.92 Å². The van der Waals surface area contributed by atoms with Crippen molar-refractivity contribution in [3.63, 3.8) is 0 Å². The average Bonchev–Trinajstić information content (AvgIpc) is 2.89. The molecule has 0 amide bonds. The predicted molar refractivity (Wildman–Crippen MR) is 81.3 cm³/mol. The van der Waals surface area contributed by atoms with Crippen LogP contribution < -0.4 is 4.74 Å². The molecular weight excluding hydrogens is 280 g/mol. The van der Waals surface area contributed by atoms with E-state index >= 15 is 0 Å². The van der Waals surface area contributed by atoms with Gasteiger partial charge in [0.1, 0.15) is 0 Å². The molecule has 1 aliphatic carbocycles. The summed E-state index contributed by atoms with van der Waals surface area (Å²) in [5.41, 5.74) is 2.56. The van der Waals surface area contributed by atoms with Crippen LogP contribution >= 0.6 is 0 Å². The van der Waals surface area contributed by atoms with Crippen LogP contribution in [-0.4, -0.2) is 40.4 Å². The first-order valence-electron chi connectivity index (χ1n) is 7.93. The molecule has 1 fully saturated rings. The second-order valence-corrected chi connectivity index (χ2v) is 6.60. The zero-order chi connectivity index (χ0) is 15.3. The standard InChI is InChI=1S/C17H22N2O3/c1-11-16-14(13(9-20)8-18-11)10-21-17(22-16)5-3-12-4-6-19(2)15(12)7-17/h3,5,8,12,15,20H,4,6-7,9-10H2,1-2H3. The quantitative estimate of drug-likeness (QED) is 0.801. The summed E-state index contributed by atoms with van der Waals surface area (Å²) in [5, 5.41) is 9.47. The summed E-state index contributed by atoms with van der Waals surface area (Å²) in [5.74, 6) is 0.696. The number of nitrogens with zero attached hydrogens (tertiary/aromatic N) is 2. The fraction of sp³-hybridized carbons (Fsp3) is 0.588. The van der Waals surface area contributed by atoms with Crippen molar-refractivity contribution in [3.05, 3.63) is 35.2 Å². The Balaban J connectivity index is 1.69. The van der Waals surface area contributed by atoms with E-state index in [0.29, 0.717) is 18.6 Å². The Kier molecular flexibility index (Phi) is 3.25. The number of fused-ring (bicyclic) bond motifs is 2. The number of hydrogen-bond acceptors (Lipinski definition) is 5. The van der Waals surface area contributed by atoms with Crippen LogP contribution in [0.2, 0.25) is 0 Å². The van der Waals surface area contributed by atoms with Crippen molar-refractivity contribution in [2.45, 2.75) is 44.8 Å². The Bertz CT molecular complexity index is 631. The van der Waals surface area contributed by atoms with Gasteiger partial charge < -0.3 is 19.5 Å². The summed E-state index contributed by atoms with van der Waals surface area (Å²) < 4.78 is 12.4. The molecule has 118 valence electrons. The van der Waals surface area contributed by atoms with E-state index in [4.69, 9.17) is 9.47 Å². The lowest BCUT2D eigenvalue weighted by atomic mass is 9.87. The monoisotopic (exact) mass is 302 g/mol. The van der Waals surface area contributed by atoms with Crippen LogP contribution in [0.15, 0.2) is 18.3 Å². The maximum Gasteiger partial charge on any atom is 0.232 e. The summed E-state index contributed by atoms with van der Waals surface area (Å²) in [7, 11) is 2.17.